The summed E-state index contributed by atoms with van der Waals surface area (Å²) in [5, 5.41) is 0. The van der Waals surface area contributed by atoms with Crippen molar-refractivity contribution >= 4 is 12.4 Å². The Bertz CT molecular complexity index is 446. The molecule has 1 atom stereocenters. The minimum absolute atomic E-state index is 0.272. The van der Waals surface area contributed by atoms with E-state index in [4.69, 9.17) is 4.74 Å². The predicted octanol–water partition coefficient (Wildman–Crippen LogP) is 2.62. The molecule has 1 fully saturated rings. The molecular formula is C15H19NO3. The first-order chi connectivity index (χ1) is 9.13. The average molecular weight is 261 g/mol. The molecule has 1 aromatic carbocycles. The van der Waals surface area contributed by atoms with Gasteiger partial charge in [0.1, 0.15) is 12.9 Å². The van der Waals surface area contributed by atoms with Gasteiger partial charge in [-0.1, -0.05) is 37.3 Å². The summed E-state index contributed by atoms with van der Waals surface area (Å²) in [7, 11) is 0. The van der Waals surface area contributed by atoms with Crippen LogP contribution in [0.3, 0.4) is 0 Å². The Balaban J connectivity index is 1.88. The van der Waals surface area contributed by atoms with Crippen molar-refractivity contribution in [3.63, 3.8) is 0 Å². The number of piperidine rings is 1. The van der Waals surface area contributed by atoms with Gasteiger partial charge in [-0.05, 0) is 18.4 Å². The van der Waals surface area contributed by atoms with Crippen molar-refractivity contribution in [2.24, 2.45) is 5.41 Å². The molecule has 0 aliphatic carbocycles. The molecular weight excluding hydrogens is 242 g/mol. The largest absolute Gasteiger partial charge is 0.445 e. The standard InChI is InChI=1S/C15H19NO3/c1-15(12-17)8-5-9-16(11-15)14(18)19-10-13-6-3-2-4-7-13/h2-4,6-7,12H,5,8-11H2,1H3. The van der Waals surface area contributed by atoms with E-state index in [0.717, 1.165) is 24.7 Å². The maximum absolute atomic E-state index is 12.0. The SMILES string of the molecule is CC1(C=O)CCCN(C(=O)OCc2ccccc2)C1. The molecule has 4 heteroatoms. The highest BCUT2D eigenvalue weighted by molar-refractivity contribution is 5.69. The number of amides is 1. The molecule has 0 aromatic heterocycles. The number of benzene rings is 1. The summed E-state index contributed by atoms with van der Waals surface area (Å²) in [4.78, 5) is 24.6. The van der Waals surface area contributed by atoms with E-state index in [2.05, 4.69) is 0 Å². The third kappa shape index (κ3) is 3.56. The minimum atomic E-state index is -0.427. The normalized spacial score (nSPS) is 22.9. The van der Waals surface area contributed by atoms with Gasteiger partial charge in [0.05, 0.1) is 0 Å². The summed E-state index contributed by atoms with van der Waals surface area (Å²) in [6, 6.07) is 9.57. The van der Waals surface area contributed by atoms with Gasteiger partial charge in [-0.25, -0.2) is 4.79 Å². The van der Waals surface area contributed by atoms with Crippen LogP contribution in [0.15, 0.2) is 30.3 Å². The molecule has 1 aliphatic rings. The first kappa shape index (κ1) is 13.6. The van der Waals surface area contributed by atoms with Crippen LogP contribution >= 0.6 is 0 Å². The number of carbonyl (C=O) groups excluding carboxylic acids is 2. The van der Waals surface area contributed by atoms with Crippen molar-refractivity contribution in [1.29, 1.82) is 0 Å². The Morgan fingerprint density at radius 1 is 1.42 bits per heavy atom. The Morgan fingerprint density at radius 2 is 2.16 bits per heavy atom. The lowest BCUT2D eigenvalue weighted by atomic mass is 9.84. The van der Waals surface area contributed by atoms with E-state index in [1.54, 1.807) is 4.90 Å². The number of carbonyl (C=O) groups is 2. The van der Waals surface area contributed by atoms with Crippen LogP contribution in [0.25, 0.3) is 0 Å². The molecule has 2 rings (SSSR count). The number of rotatable bonds is 3. The lowest BCUT2D eigenvalue weighted by molar-refractivity contribution is -0.117. The fourth-order valence-electron chi connectivity index (χ4n) is 2.33. The summed E-state index contributed by atoms with van der Waals surface area (Å²) in [5.41, 5.74) is 0.537. The van der Waals surface area contributed by atoms with E-state index in [0.29, 0.717) is 13.1 Å². The summed E-state index contributed by atoms with van der Waals surface area (Å²) in [5.74, 6) is 0. The van der Waals surface area contributed by atoms with Crippen molar-refractivity contribution < 1.29 is 14.3 Å². The van der Waals surface area contributed by atoms with Gasteiger partial charge in [-0.15, -0.1) is 0 Å². The summed E-state index contributed by atoms with van der Waals surface area (Å²) in [6.07, 6.45) is 2.29. The van der Waals surface area contributed by atoms with Gasteiger partial charge in [0, 0.05) is 18.5 Å². The summed E-state index contributed by atoms with van der Waals surface area (Å²) in [6.45, 7) is 3.27. The van der Waals surface area contributed by atoms with E-state index in [1.807, 2.05) is 37.3 Å². The van der Waals surface area contributed by atoms with E-state index in [-0.39, 0.29) is 12.7 Å². The van der Waals surface area contributed by atoms with Gasteiger partial charge in [0.25, 0.3) is 0 Å². The van der Waals surface area contributed by atoms with Crippen molar-refractivity contribution in [2.75, 3.05) is 13.1 Å². The Hall–Kier alpha value is -1.84. The van der Waals surface area contributed by atoms with Crippen LogP contribution in [0.5, 0.6) is 0 Å². The molecule has 0 N–H and O–H groups in total. The number of aldehydes is 1. The van der Waals surface area contributed by atoms with Crippen LogP contribution in [0.1, 0.15) is 25.3 Å². The third-order valence-electron chi connectivity index (χ3n) is 3.48. The zero-order valence-electron chi connectivity index (χ0n) is 11.2. The highest BCUT2D eigenvalue weighted by Gasteiger charge is 2.33. The van der Waals surface area contributed by atoms with E-state index < -0.39 is 5.41 Å². The zero-order chi connectivity index (χ0) is 13.7. The maximum atomic E-state index is 12.0. The van der Waals surface area contributed by atoms with Crippen LogP contribution in [-0.2, 0) is 16.1 Å². The van der Waals surface area contributed by atoms with E-state index >= 15 is 0 Å². The molecule has 1 saturated heterocycles. The highest BCUT2D eigenvalue weighted by Crippen LogP contribution is 2.27. The number of hydrogen-bond acceptors (Lipinski definition) is 3. The van der Waals surface area contributed by atoms with E-state index in [9.17, 15) is 9.59 Å². The lowest BCUT2D eigenvalue weighted by Crippen LogP contribution is -2.45. The first-order valence-corrected chi connectivity index (χ1v) is 6.55. The smallest absolute Gasteiger partial charge is 0.410 e. The molecule has 1 amide bonds. The summed E-state index contributed by atoms with van der Waals surface area (Å²) < 4.78 is 5.28. The first-order valence-electron chi connectivity index (χ1n) is 6.55. The molecule has 102 valence electrons. The fraction of sp³-hybridized carbons (Fsp3) is 0.467. The summed E-state index contributed by atoms with van der Waals surface area (Å²) >= 11 is 0. The average Bonchev–Trinajstić information content (AvgIpc) is 2.46. The van der Waals surface area contributed by atoms with Gasteiger partial charge in [-0.3, -0.25) is 0 Å². The van der Waals surface area contributed by atoms with Crippen molar-refractivity contribution in [1.82, 2.24) is 4.90 Å². The maximum Gasteiger partial charge on any atom is 0.410 e. The lowest BCUT2D eigenvalue weighted by Gasteiger charge is -2.36. The van der Waals surface area contributed by atoms with Gasteiger partial charge < -0.3 is 14.4 Å². The van der Waals surface area contributed by atoms with Crippen LogP contribution in [0, 0.1) is 5.41 Å². The second-order valence-electron chi connectivity index (χ2n) is 5.34. The number of hydrogen-bond donors (Lipinski definition) is 0. The Kier molecular flexibility index (Phi) is 4.20. The van der Waals surface area contributed by atoms with Gasteiger partial charge >= 0.3 is 6.09 Å². The van der Waals surface area contributed by atoms with Crippen molar-refractivity contribution in [3.05, 3.63) is 35.9 Å². The number of nitrogens with zero attached hydrogens (tertiary/aromatic N) is 1. The second-order valence-corrected chi connectivity index (χ2v) is 5.34. The van der Waals surface area contributed by atoms with Gasteiger partial charge in [0.15, 0.2) is 0 Å². The molecule has 0 radical (unpaired) electrons. The number of likely N-dealkylation sites (tertiary alicyclic amines) is 1. The molecule has 1 aliphatic heterocycles. The monoisotopic (exact) mass is 261 g/mol. The molecule has 1 heterocycles. The second kappa shape index (κ2) is 5.87. The molecule has 19 heavy (non-hydrogen) atoms. The third-order valence-corrected chi connectivity index (χ3v) is 3.48. The zero-order valence-corrected chi connectivity index (χ0v) is 11.2. The van der Waals surface area contributed by atoms with Crippen molar-refractivity contribution in [3.8, 4) is 0 Å². The van der Waals surface area contributed by atoms with Gasteiger partial charge in [-0.2, -0.15) is 0 Å². The molecule has 0 saturated carbocycles. The predicted molar refractivity (Wildman–Crippen MR) is 71.6 cm³/mol. The molecule has 1 aromatic rings. The van der Waals surface area contributed by atoms with Gasteiger partial charge in [0.2, 0.25) is 0 Å². The van der Waals surface area contributed by atoms with Crippen molar-refractivity contribution in [2.45, 2.75) is 26.4 Å². The fourth-order valence-corrected chi connectivity index (χ4v) is 2.33. The molecule has 4 nitrogen and oxygen atoms in total. The Labute approximate surface area is 113 Å². The quantitative estimate of drug-likeness (QED) is 0.786. The molecule has 0 bridgehead atoms. The molecule has 0 spiro atoms. The molecule has 1 unspecified atom stereocenters. The topological polar surface area (TPSA) is 46.6 Å². The van der Waals surface area contributed by atoms with Crippen LogP contribution in [0.2, 0.25) is 0 Å². The van der Waals surface area contributed by atoms with E-state index in [1.165, 1.54) is 0 Å². The minimum Gasteiger partial charge on any atom is -0.445 e. The van der Waals surface area contributed by atoms with Crippen LogP contribution in [0.4, 0.5) is 4.79 Å². The number of ether oxygens (including phenoxy) is 1. The van der Waals surface area contributed by atoms with Crippen LogP contribution in [-0.4, -0.2) is 30.4 Å². The van der Waals surface area contributed by atoms with Crippen LogP contribution < -0.4 is 0 Å². The highest BCUT2D eigenvalue weighted by atomic mass is 16.6. The Morgan fingerprint density at radius 3 is 2.84 bits per heavy atom.